The maximum Gasteiger partial charge on any atom is 0.501 e. The van der Waals surface area contributed by atoms with Gasteiger partial charge in [0.25, 0.3) is 37.6 Å². The number of imide groups is 2. The molecule has 0 spiro atoms. The van der Waals surface area contributed by atoms with Crippen molar-refractivity contribution in [2.24, 2.45) is 5.41 Å². The summed E-state index contributed by atoms with van der Waals surface area (Å²) in [5.74, 6) is -3.04. The van der Waals surface area contributed by atoms with Gasteiger partial charge >= 0.3 is 5.51 Å². The Hall–Kier alpha value is -6.92. The summed E-state index contributed by atoms with van der Waals surface area (Å²) in [6, 6.07) is 29.4. The number of nitrogens with zero attached hydrogens (tertiary/aromatic N) is 5. The van der Waals surface area contributed by atoms with E-state index in [0.29, 0.717) is 108 Å². The van der Waals surface area contributed by atoms with Crippen molar-refractivity contribution in [1.82, 2.24) is 29.6 Å². The Labute approximate surface area is 567 Å². The van der Waals surface area contributed by atoms with Gasteiger partial charge < -0.3 is 34.6 Å². The van der Waals surface area contributed by atoms with Crippen LogP contribution in [-0.2, 0) is 43.7 Å². The highest BCUT2D eigenvalue weighted by atomic mass is 35.5. The lowest BCUT2D eigenvalue weighted by Gasteiger charge is -2.39. The van der Waals surface area contributed by atoms with Crippen LogP contribution in [0.4, 0.5) is 30.2 Å². The van der Waals surface area contributed by atoms with Gasteiger partial charge in [-0.1, -0.05) is 67.4 Å². The lowest BCUT2D eigenvalue weighted by atomic mass is 9.73. The molecule has 0 radical (unpaired) electrons. The van der Waals surface area contributed by atoms with Crippen molar-refractivity contribution in [2.75, 3.05) is 139 Å². The Kier molecular flexibility index (Phi) is 24.1. The van der Waals surface area contributed by atoms with Gasteiger partial charge in [-0.2, -0.15) is 13.2 Å². The number of rotatable bonds is 30. The molecule has 0 bridgehead atoms. The van der Waals surface area contributed by atoms with Crippen LogP contribution >= 0.6 is 23.4 Å². The number of sulfonamides is 1. The number of amides is 5. The number of piperidine rings is 1. The lowest BCUT2D eigenvalue weighted by molar-refractivity contribution is -0.136. The van der Waals surface area contributed by atoms with Gasteiger partial charge in [-0.25, -0.2) is 21.6 Å². The van der Waals surface area contributed by atoms with Crippen LogP contribution in [0.15, 0.2) is 136 Å². The summed E-state index contributed by atoms with van der Waals surface area (Å²) in [6.07, 6.45) is 3.58. The molecule has 4 heterocycles. The van der Waals surface area contributed by atoms with Crippen LogP contribution in [0.2, 0.25) is 5.02 Å². The number of thioether (sulfide) groups is 1. The monoisotopic (exact) mass is 1400 g/mol. The van der Waals surface area contributed by atoms with Crippen molar-refractivity contribution in [3.05, 3.63) is 148 Å². The normalized spacial score (nSPS) is 18.8. The Morgan fingerprint density at radius 1 is 0.729 bits per heavy atom. The molecule has 0 unspecified atom stereocenters. The lowest BCUT2D eigenvalue weighted by Crippen LogP contribution is -2.54. The number of anilines is 3. The second-order valence-corrected chi connectivity index (χ2v) is 30.3. The second-order valence-electron chi connectivity index (χ2n) is 25.2. The molecule has 96 heavy (non-hydrogen) atoms. The molecule has 5 aromatic rings. The topological polar surface area (TPSA) is 246 Å². The molecule has 3 saturated heterocycles. The van der Waals surface area contributed by atoms with Gasteiger partial charge in [0.1, 0.15) is 10.9 Å². The number of hydrogen-bond acceptors (Lipinski definition) is 19. The molecule has 10 rings (SSSR count). The smallest absolute Gasteiger partial charge is 0.382 e. The number of carbonyl (C=O) groups is 5. The molecule has 4 aliphatic heterocycles. The molecule has 28 heteroatoms. The van der Waals surface area contributed by atoms with Gasteiger partial charge in [0, 0.05) is 124 Å². The third-order valence-electron chi connectivity index (χ3n) is 17.9. The Bertz CT molecular complexity index is 3860. The minimum absolute atomic E-state index is 0.0257. The van der Waals surface area contributed by atoms with E-state index < -0.39 is 82.5 Å². The number of nitrogens with one attached hydrogen (secondary N) is 4. The number of sulfone groups is 1. The summed E-state index contributed by atoms with van der Waals surface area (Å²) in [5.41, 5.74) is -0.434. The van der Waals surface area contributed by atoms with Gasteiger partial charge in [0.2, 0.25) is 11.8 Å². The zero-order valence-electron chi connectivity index (χ0n) is 53.7. The van der Waals surface area contributed by atoms with E-state index in [2.05, 4.69) is 61.5 Å². The molecule has 1 aliphatic carbocycles. The Balaban J connectivity index is 0.658. The minimum Gasteiger partial charge on any atom is -0.382 e. The van der Waals surface area contributed by atoms with Crippen molar-refractivity contribution < 1.29 is 68.2 Å². The van der Waals surface area contributed by atoms with Crippen LogP contribution in [-0.4, -0.2) is 207 Å². The molecular formula is C68H81ClF3N9O12S3. The standard InChI is InChI=1S/C68H81ClF3N9O12S3/c1-67(2)25-23-55(47-11-15-50(69)16-12-47)49(44-67)45-79-32-34-80(35-33-79)52-17-13-48(14-18-52)63(83)76-96(89,90)54-19-20-57(60(43-54)95(87,88)68(70,71)72)74-51(46-94-53-7-4-3-5-8-53)24-27-77-28-30-78(31-29-77)36-38-92-40-42-93-41-39-91-37-26-73-58-10-6-9-56-62(58)66(86)81(65(56)85)59-21-22-61(82)75-64(59)84/h3-20,43,51,59,73-74H,21-42,44-46H2,1-2H3,(H,76,83)(H,75,82,84)/t51-,59-/m1/s1. The van der Waals surface area contributed by atoms with Crippen molar-refractivity contribution in [3.63, 3.8) is 0 Å². The van der Waals surface area contributed by atoms with E-state index in [0.717, 1.165) is 79.6 Å². The fourth-order valence-electron chi connectivity index (χ4n) is 12.6. The molecule has 2 atom stereocenters. The summed E-state index contributed by atoms with van der Waals surface area (Å²) in [4.78, 5) is 72.9. The van der Waals surface area contributed by atoms with Gasteiger partial charge in [0.05, 0.1) is 61.4 Å². The number of ether oxygens (including phenoxy) is 3. The molecule has 516 valence electrons. The highest BCUT2D eigenvalue weighted by molar-refractivity contribution is 7.99. The first-order chi connectivity index (χ1) is 45.9. The van der Waals surface area contributed by atoms with E-state index in [9.17, 15) is 54.0 Å². The van der Waals surface area contributed by atoms with Crippen molar-refractivity contribution in [2.45, 2.75) is 84.7 Å². The van der Waals surface area contributed by atoms with Gasteiger partial charge in [-0.3, -0.25) is 44.0 Å². The van der Waals surface area contributed by atoms with Crippen LogP contribution < -0.4 is 25.6 Å². The van der Waals surface area contributed by atoms with E-state index in [-0.39, 0.29) is 41.6 Å². The minimum atomic E-state index is -6.14. The number of halogens is 4. The third-order valence-corrected chi connectivity index (χ3v) is 22.1. The average molecular weight is 1410 g/mol. The van der Waals surface area contributed by atoms with E-state index in [4.69, 9.17) is 25.8 Å². The molecule has 21 nitrogen and oxygen atoms in total. The SMILES string of the molecule is CC1(C)CCC(c2ccc(Cl)cc2)=C(CN2CCN(c3ccc(C(=O)NS(=O)(=O)c4ccc(N[C@H](CCN5CCN(CCOCCOCCOCCNc6cccc7c6C(=O)N([C@@H]6CCC(=O)NC6=O)C7=O)CC5)CSc5ccccc5)c(S(=O)(=O)C(F)(F)F)c4)cc3)CC2)C1. The number of piperazine rings is 2. The predicted molar refractivity (Wildman–Crippen MR) is 362 cm³/mol. The van der Waals surface area contributed by atoms with Crippen LogP contribution in [0.5, 0.6) is 0 Å². The summed E-state index contributed by atoms with van der Waals surface area (Å²) in [7, 11) is -11.0. The number of alkyl halides is 3. The van der Waals surface area contributed by atoms with E-state index >= 15 is 0 Å². The number of allylic oxidation sites excluding steroid dienone is 1. The van der Waals surface area contributed by atoms with Gasteiger partial charge in [-0.15, -0.1) is 11.8 Å². The van der Waals surface area contributed by atoms with E-state index in [1.165, 1.54) is 46.7 Å². The van der Waals surface area contributed by atoms with E-state index in [1.54, 1.807) is 24.3 Å². The first kappa shape index (κ1) is 71.8. The van der Waals surface area contributed by atoms with Crippen molar-refractivity contribution in [1.29, 1.82) is 0 Å². The number of benzene rings is 5. The number of hydrogen-bond donors (Lipinski definition) is 4. The maximum atomic E-state index is 14.5. The average Bonchev–Trinajstić information content (AvgIpc) is 1.64. The highest BCUT2D eigenvalue weighted by Crippen LogP contribution is 2.43. The molecule has 0 aromatic heterocycles. The quantitative estimate of drug-likeness (QED) is 0.0191. The summed E-state index contributed by atoms with van der Waals surface area (Å²) >= 11 is 7.65. The predicted octanol–water partition coefficient (Wildman–Crippen LogP) is 8.68. The molecule has 5 aliphatic rings. The second kappa shape index (κ2) is 32.2. The van der Waals surface area contributed by atoms with Crippen LogP contribution in [0.3, 0.4) is 0 Å². The zero-order valence-corrected chi connectivity index (χ0v) is 56.9. The van der Waals surface area contributed by atoms with Crippen molar-refractivity contribution in [3.8, 4) is 0 Å². The molecule has 5 aromatic carbocycles. The first-order valence-electron chi connectivity index (χ1n) is 32.2. The highest BCUT2D eigenvalue weighted by Gasteiger charge is 2.49. The maximum absolute atomic E-state index is 14.5. The van der Waals surface area contributed by atoms with Crippen molar-refractivity contribution >= 4 is 95.4 Å². The summed E-state index contributed by atoms with van der Waals surface area (Å²) in [6.45, 7) is 14.9. The Morgan fingerprint density at radius 3 is 2.06 bits per heavy atom. The Morgan fingerprint density at radius 2 is 1.39 bits per heavy atom. The van der Waals surface area contributed by atoms with E-state index in [1.807, 2.05) is 47.2 Å². The number of fused-ring (bicyclic) bond motifs is 1. The largest absolute Gasteiger partial charge is 0.501 e. The number of carbonyl (C=O) groups excluding carboxylic acids is 5. The van der Waals surface area contributed by atoms with Gasteiger partial charge in [0.15, 0.2) is 0 Å². The van der Waals surface area contributed by atoms with Crippen LogP contribution in [0, 0.1) is 5.41 Å². The van der Waals surface area contributed by atoms with Gasteiger partial charge in [-0.05, 0) is 128 Å². The zero-order chi connectivity index (χ0) is 68.2. The molecule has 3 fully saturated rings. The van der Waals surface area contributed by atoms with Crippen LogP contribution in [0.25, 0.3) is 5.57 Å². The first-order valence-corrected chi connectivity index (χ1v) is 36.5. The fourth-order valence-corrected chi connectivity index (χ4v) is 15.7. The molecule has 5 amide bonds. The van der Waals surface area contributed by atoms with Crippen LogP contribution in [0.1, 0.15) is 89.0 Å². The molecule has 0 saturated carbocycles. The summed E-state index contributed by atoms with van der Waals surface area (Å²) < 4.78 is 117. The fraction of sp³-hybridized carbons (Fsp3) is 0.456. The molecule has 4 N–H and O–H groups in total. The third kappa shape index (κ3) is 18.4. The molecular weight excluding hydrogens is 1320 g/mol. The summed E-state index contributed by atoms with van der Waals surface area (Å²) in [5, 5.41) is 9.07.